The molecule has 0 amide bonds. The van der Waals surface area contributed by atoms with Crippen molar-refractivity contribution >= 4 is 10.4 Å². The van der Waals surface area contributed by atoms with Crippen molar-refractivity contribution in [2.45, 2.75) is 44.1 Å². The summed E-state index contributed by atoms with van der Waals surface area (Å²) in [5, 5.41) is 39.0. The molecule has 1 fully saturated rings. The second kappa shape index (κ2) is 5.58. The zero-order valence-electron chi connectivity index (χ0n) is 10.4. The molecule has 0 radical (unpaired) electrons. The van der Waals surface area contributed by atoms with E-state index >= 15 is 0 Å². The maximum atomic E-state index is 10.6. The average Bonchev–Trinajstić information content (AvgIpc) is 2.28. The summed E-state index contributed by atoms with van der Waals surface area (Å²) in [5.41, 5.74) is -1.99. The lowest BCUT2D eigenvalue weighted by molar-refractivity contribution is -0.323. The SMILES string of the molecule is CC(C)[C@@]1(O)[C@H](O)[C@@H](O)C(OS(=O)(=O)O)O[C@@H]1CO. The minimum Gasteiger partial charge on any atom is -0.394 e. The van der Waals surface area contributed by atoms with Crippen LogP contribution in [0, 0.1) is 5.92 Å². The van der Waals surface area contributed by atoms with Crippen LogP contribution in [0.25, 0.3) is 0 Å². The fourth-order valence-corrected chi connectivity index (χ4v) is 2.47. The Morgan fingerprint density at radius 1 is 1.37 bits per heavy atom. The van der Waals surface area contributed by atoms with E-state index in [-0.39, 0.29) is 0 Å². The summed E-state index contributed by atoms with van der Waals surface area (Å²) >= 11 is 0. The highest BCUT2D eigenvalue weighted by Gasteiger charge is 2.57. The predicted octanol–water partition coefficient (Wildman–Crippen LogP) is -2.37. The fourth-order valence-electron chi connectivity index (χ4n) is 2.07. The molecule has 19 heavy (non-hydrogen) atoms. The van der Waals surface area contributed by atoms with Crippen LogP contribution in [0.1, 0.15) is 13.8 Å². The Kier molecular flexibility index (Phi) is 4.91. The molecule has 1 unspecified atom stereocenters. The van der Waals surface area contributed by atoms with Crippen LogP contribution in [0.4, 0.5) is 0 Å². The second-order valence-electron chi connectivity index (χ2n) is 4.68. The van der Waals surface area contributed by atoms with Gasteiger partial charge in [0.05, 0.1) is 6.61 Å². The van der Waals surface area contributed by atoms with Gasteiger partial charge in [-0.25, -0.2) is 4.18 Å². The summed E-state index contributed by atoms with van der Waals surface area (Å²) in [6.45, 7) is 2.29. The molecule has 0 spiro atoms. The molecule has 10 heteroatoms. The van der Waals surface area contributed by atoms with Gasteiger partial charge in [-0.1, -0.05) is 13.8 Å². The molecule has 1 rings (SSSR count). The van der Waals surface area contributed by atoms with Crippen LogP contribution in [-0.2, 0) is 19.3 Å². The first kappa shape index (κ1) is 16.7. The van der Waals surface area contributed by atoms with Gasteiger partial charge in [-0.3, -0.25) is 4.55 Å². The van der Waals surface area contributed by atoms with E-state index in [1.807, 2.05) is 0 Å². The number of hydrogen-bond donors (Lipinski definition) is 5. The van der Waals surface area contributed by atoms with E-state index in [9.17, 15) is 23.7 Å². The van der Waals surface area contributed by atoms with E-state index in [0.29, 0.717) is 0 Å². The van der Waals surface area contributed by atoms with Crippen LogP contribution in [0.5, 0.6) is 0 Å². The van der Waals surface area contributed by atoms with Crippen molar-refractivity contribution in [1.29, 1.82) is 0 Å². The third-order valence-electron chi connectivity index (χ3n) is 3.20. The van der Waals surface area contributed by atoms with Gasteiger partial charge < -0.3 is 25.2 Å². The number of hydrogen-bond acceptors (Lipinski definition) is 8. The van der Waals surface area contributed by atoms with Crippen molar-refractivity contribution in [3.05, 3.63) is 0 Å². The Bertz CT molecular complexity index is 404. The van der Waals surface area contributed by atoms with Crippen molar-refractivity contribution in [2.24, 2.45) is 5.92 Å². The first-order valence-corrected chi connectivity index (χ1v) is 6.91. The van der Waals surface area contributed by atoms with Gasteiger partial charge in [-0.05, 0) is 5.92 Å². The first-order chi connectivity index (χ1) is 8.54. The molecule has 114 valence electrons. The Morgan fingerprint density at radius 2 is 1.89 bits per heavy atom. The lowest BCUT2D eigenvalue weighted by atomic mass is 9.76. The van der Waals surface area contributed by atoms with E-state index in [1.54, 1.807) is 0 Å². The zero-order valence-corrected chi connectivity index (χ0v) is 11.2. The van der Waals surface area contributed by atoms with Gasteiger partial charge in [0.15, 0.2) is 0 Å². The van der Waals surface area contributed by atoms with Crippen LogP contribution in [0.2, 0.25) is 0 Å². The zero-order chi connectivity index (χ0) is 15.0. The van der Waals surface area contributed by atoms with Crippen LogP contribution >= 0.6 is 0 Å². The van der Waals surface area contributed by atoms with Gasteiger partial charge in [0, 0.05) is 0 Å². The van der Waals surface area contributed by atoms with Gasteiger partial charge in [-0.2, -0.15) is 8.42 Å². The molecule has 1 saturated heterocycles. The molecule has 1 aliphatic heterocycles. The standard InChI is InChI=1S/C9H18O9S/c1-4(2)9(13)5(3-10)17-8(6(11)7(9)12)18-19(14,15)16/h4-8,10-13H,3H2,1-2H3,(H,14,15,16)/t5-,6-,7-,8?,9+/m1/s1. The molecule has 0 aromatic carbocycles. The number of ether oxygens (including phenoxy) is 1. The predicted molar refractivity (Wildman–Crippen MR) is 60.2 cm³/mol. The summed E-state index contributed by atoms with van der Waals surface area (Å²) in [6.07, 6.45) is -7.07. The highest BCUT2D eigenvalue weighted by atomic mass is 32.3. The maximum Gasteiger partial charge on any atom is 0.399 e. The van der Waals surface area contributed by atoms with Crippen LogP contribution in [0.15, 0.2) is 0 Å². The third kappa shape index (κ3) is 3.23. The Balaban J connectivity index is 3.04. The molecule has 0 aromatic heterocycles. The summed E-state index contributed by atoms with van der Waals surface area (Å²) in [7, 11) is -4.93. The number of aliphatic hydroxyl groups is 4. The van der Waals surface area contributed by atoms with Crippen molar-refractivity contribution < 1.29 is 42.3 Å². The van der Waals surface area contributed by atoms with Gasteiger partial charge >= 0.3 is 10.4 Å². The summed E-state index contributed by atoms with van der Waals surface area (Å²) < 4.78 is 38.6. The highest BCUT2D eigenvalue weighted by molar-refractivity contribution is 7.80. The van der Waals surface area contributed by atoms with E-state index in [0.717, 1.165) is 0 Å². The molecule has 5 N–H and O–H groups in total. The Hall–Kier alpha value is -0.330. The van der Waals surface area contributed by atoms with Crippen LogP contribution in [0.3, 0.4) is 0 Å². The molecule has 0 aliphatic carbocycles. The molecule has 0 saturated carbocycles. The van der Waals surface area contributed by atoms with Crippen molar-refractivity contribution in [2.75, 3.05) is 6.61 Å². The quantitative estimate of drug-likeness (QED) is 0.358. The molecule has 1 aliphatic rings. The van der Waals surface area contributed by atoms with E-state index in [2.05, 4.69) is 4.18 Å². The van der Waals surface area contributed by atoms with E-state index in [4.69, 9.17) is 14.4 Å². The Labute approximate surface area is 110 Å². The first-order valence-electron chi connectivity index (χ1n) is 5.54. The maximum absolute atomic E-state index is 10.6. The average molecular weight is 302 g/mol. The van der Waals surface area contributed by atoms with Crippen molar-refractivity contribution in [3.63, 3.8) is 0 Å². The summed E-state index contributed by atoms with van der Waals surface area (Å²) in [4.78, 5) is 0. The minimum absolute atomic E-state index is 0.610. The minimum atomic E-state index is -4.93. The van der Waals surface area contributed by atoms with Crippen LogP contribution in [-0.4, -0.2) is 70.2 Å². The van der Waals surface area contributed by atoms with Gasteiger partial charge in [-0.15, -0.1) is 0 Å². The molecular weight excluding hydrogens is 284 g/mol. The smallest absolute Gasteiger partial charge is 0.394 e. The number of rotatable bonds is 4. The monoisotopic (exact) mass is 302 g/mol. The van der Waals surface area contributed by atoms with Gasteiger partial charge in [0.1, 0.15) is 23.9 Å². The van der Waals surface area contributed by atoms with E-state index < -0.39 is 53.1 Å². The lowest BCUT2D eigenvalue weighted by Gasteiger charge is -2.49. The fraction of sp³-hybridized carbons (Fsp3) is 1.00. The third-order valence-corrected chi connectivity index (χ3v) is 3.63. The highest BCUT2D eigenvalue weighted by Crippen LogP contribution is 2.36. The molecule has 5 atom stereocenters. The number of aliphatic hydroxyl groups excluding tert-OH is 3. The molecular formula is C9H18O9S. The molecule has 9 nitrogen and oxygen atoms in total. The summed E-state index contributed by atoms with van der Waals surface area (Å²) in [5.74, 6) is -0.610. The van der Waals surface area contributed by atoms with E-state index in [1.165, 1.54) is 13.8 Å². The molecule has 0 aromatic rings. The van der Waals surface area contributed by atoms with Gasteiger partial charge in [0.2, 0.25) is 6.29 Å². The van der Waals surface area contributed by atoms with Crippen molar-refractivity contribution in [1.82, 2.24) is 0 Å². The van der Waals surface area contributed by atoms with Crippen molar-refractivity contribution in [3.8, 4) is 0 Å². The van der Waals surface area contributed by atoms with Crippen LogP contribution < -0.4 is 0 Å². The summed E-state index contributed by atoms with van der Waals surface area (Å²) in [6, 6.07) is 0. The second-order valence-corrected chi connectivity index (χ2v) is 5.72. The normalized spacial score (nSPS) is 40.6. The topological polar surface area (TPSA) is 154 Å². The Morgan fingerprint density at radius 3 is 2.26 bits per heavy atom. The largest absolute Gasteiger partial charge is 0.399 e. The molecule has 0 bridgehead atoms. The molecule has 1 heterocycles. The lowest BCUT2D eigenvalue weighted by Crippen LogP contribution is -2.69. The van der Waals surface area contributed by atoms with Gasteiger partial charge in [0.25, 0.3) is 0 Å².